The second kappa shape index (κ2) is 1.48. The topological polar surface area (TPSA) is 20.2 Å². The minimum atomic E-state index is 0.0139. The van der Waals surface area contributed by atoms with Crippen LogP contribution in [0.2, 0.25) is 0 Å². The summed E-state index contributed by atoms with van der Waals surface area (Å²) >= 11 is 0. The first-order valence-electron chi connectivity index (χ1n) is 4.22. The molecule has 3 aliphatic carbocycles. The van der Waals surface area contributed by atoms with Gasteiger partial charge in [-0.1, -0.05) is 12.2 Å². The Balaban J connectivity index is 2.06. The van der Waals surface area contributed by atoms with Crippen molar-refractivity contribution in [3.8, 4) is 0 Å². The molecule has 0 saturated heterocycles. The number of fused-ring (bicyclic) bond motifs is 1. The lowest BCUT2D eigenvalue weighted by molar-refractivity contribution is 0.0764. The van der Waals surface area contributed by atoms with E-state index in [9.17, 15) is 5.11 Å². The van der Waals surface area contributed by atoms with Crippen molar-refractivity contribution in [1.82, 2.24) is 0 Å². The molecule has 1 heteroatoms. The third-order valence-electron chi connectivity index (χ3n) is 3.65. The summed E-state index contributed by atoms with van der Waals surface area (Å²) < 4.78 is 0. The molecule has 1 nitrogen and oxygen atoms in total. The molecule has 54 valence electrons. The predicted molar refractivity (Wildman–Crippen MR) is 38.3 cm³/mol. The van der Waals surface area contributed by atoms with E-state index < -0.39 is 0 Å². The molecule has 1 N–H and O–H groups in total. The van der Waals surface area contributed by atoms with Crippen LogP contribution in [0.1, 0.15) is 12.8 Å². The highest BCUT2D eigenvalue weighted by molar-refractivity contribution is 5.18. The Morgan fingerprint density at radius 1 is 1.20 bits per heavy atom. The second-order valence-electron chi connectivity index (χ2n) is 4.01. The highest BCUT2D eigenvalue weighted by Crippen LogP contribution is 2.56. The molecule has 10 heavy (non-hydrogen) atoms. The minimum absolute atomic E-state index is 0.0139. The molecule has 0 aliphatic heterocycles. The molecule has 5 unspecified atom stereocenters. The maximum absolute atomic E-state index is 9.65. The SMILES string of the molecule is OC1C2CC3C=CC1C3C2. The first-order chi connectivity index (χ1) is 4.86. The Labute approximate surface area is 60.7 Å². The van der Waals surface area contributed by atoms with E-state index in [1.165, 1.54) is 12.8 Å². The molecule has 0 radical (unpaired) electrons. The summed E-state index contributed by atoms with van der Waals surface area (Å²) in [5.74, 6) is 2.87. The van der Waals surface area contributed by atoms with Crippen molar-refractivity contribution >= 4 is 0 Å². The summed E-state index contributed by atoms with van der Waals surface area (Å²) in [7, 11) is 0. The third kappa shape index (κ3) is 0.420. The van der Waals surface area contributed by atoms with E-state index in [1.54, 1.807) is 0 Å². The quantitative estimate of drug-likeness (QED) is 0.496. The number of allylic oxidation sites excluding steroid dienone is 1. The van der Waals surface area contributed by atoms with Gasteiger partial charge in [0.25, 0.3) is 0 Å². The maximum atomic E-state index is 9.65. The largest absolute Gasteiger partial charge is 0.392 e. The first kappa shape index (κ1) is 5.36. The predicted octanol–water partition coefficient (Wildman–Crippen LogP) is 1.19. The van der Waals surface area contributed by atoms with Gasteiger partial charge in [-0.3, -0.25) is 0 Å². The molecule has 5 atom stereocenters. The molecule has 0 spiro atoms. The second-order valence-corrected chi connectivity index (χ2v) is 4.01. The molecular weight excluding hydrogens is 124 g/mol. The molecule has 2 fully saturated rings. The minimum Gasteiger partial charge on any atom is -0.392 e. The highest BCUT2D eigenvalue weighted by atomic mass is 16.3. The number of aliphatic hydroxyl groups excluding tert-OH is 1. The van der Waals surface area contributed by atoms with Crippen LogP contribution in [-0.4, -0.2) is 11.2 Å². The smallest absolute Gasteiger partial charge is 0.0634 e. The highest BCUT2D eigenvalue weighted by Gasteiger charge is 2.52. The number of hydrogen-bond acceptors (Lipinski definition) is 1. The van der Waals surface area contributed by atoms with Crippen molar-refractivity contribution in [3.63, 3.8) is 0 Å². The number of hydrogen-bond donors (Lipinski definition) is 1. The standard InChI is InChI=1S/C9H12O/c10-9-6-3-5-1-2-7(9)8(5)4-6/h1-2,5-10H,3-4H2. The van der Waals surface area contributed by atoms with Crippen LogP contribution in [0.4, 0.5) is 0 Å². The van der Waals surface area contributed by atoms with E-state index in [-0.39, 0.29) is 6.10 Å². The zero-order valence-corrected chi connectivity index (χ0v) is 5.90. The van der Waals surface area contributed by atoms with Gasteiger partial charge in [0.15, 0.2) is 0 Å². The molecule has 0 aromatic heterocycles. The van der Waals surface area contributed by atoms with Crippen LogP contribution in [0, 0.1) is 23.7 Å². The normalized spacial score (nSPS) is 62.3. The Morgan fingerprint density at radius 2 is 2.10 bits per heavy atom. The zero-order chi connectivity index (χ0) is 6.72. The van der Waals surface area contributed by atoms with E-state index >= 15 is 0 Å². The van der Waals surface area contributed by atoms with Crippen LogP contribution in [0.5, 0.6) is 0 Å². The van der Waals surface area contributed by atoms with Crippen molar-refractivity contribution < 1.29 is 5.11 Å². The molecular formula is C9H12O. The monoisotopic (exact) mass is 136 g/mol. The third-order valence-corrected chi connectivity index (χ3v) is 3.65. The summed E-state index contributed by atoms with van der Waals surface area (Å²) in [5.41, 5.74) is 0. The van der Waals surface area contributed by atoms with E-state index in [4.69, 9.17) is 0 Å². The van der Waals surface area contributed by atoms with E-state index in [0.717, 1.165) is 11.8 Å². The van der Waals surface area contributed by atoms with Crippen LogP contribution >= 0.6 is 0 Å². The van der Waals surface area contributed by atoms with Gasteiger partial charge in [0, 0.05) is 5.92 Å². The lowest BCUT2D eigenvalue weighted by Crippen LogP contribution is -2.26. The molecule has 0 aromatic rings. The van der Waals surface area contributed by atoms with Crippen molar-refractivity contribution in [1.29, 1.82) is 0 Å². The van der Waals surface area contributed by atoms with Gasteiger partial charge in [-0.15, -0.1) is 0 Å². The Morgan fingerprint density at radius 3 is 2.80 bits per heavy atom. The fraction of sp³-hybridized carbons (Fsp3) is 0.778. The average molecular weight is 136 g/mol. The average Bonchev–Trinajstić information content (AvgIpc) is 2.43. The van der Waals surface area contributed by atoms with Gasteiger partial charge in [0.2, 0.25) is 0 Å². The van der Waals surface area contributed by atoms with Gasteiger partial charge in [-0.05, 0) is 30.6 Å². The van der Waals surface area contributed by atoms with Gasteiger partial charge in [0.1, 0.15) is 0 Å². The maximum Gasteiger partial charge on any atom is 0.0634 e. The van der Waals surface area contributed by atoms with Gasteiger partial charge in [-0.2, -0.15) is 0 Å². The van der Waals surface area contributed by atoms with Crippen molar-refractivity contribution in [2.45, 2.75) is 18.9 Å². The lowest BCUT2D eigenvalue weighted by atomic mass is 9.85. The Kier molecular flexibility index (Phi) is 0.791. The summed E-state index contributed by atoms with van der Waals surface area (Å²) in [4.78, 5) is 0. The van der Waals surface area contributed by atoms with Crippen LogP contribution < -0.4 is 0 Å². The summed E-state index contributed by atoms with van der Waals surface area (Å²) in [5, 5.41) is 9.65. The van der Waals surface area contributed by atoms with Gasteiger partial charge in [-0.25, -0.2) is 0 Å². The molecule has 0 aromatic carbocycles. The van der Waals surface area contributed by atoms with Crippen LogP contribution in [0.3, 0.4) is 0 Å². The summed E-state index contributed by atoms with van der Waals surface area (Å²) in [6, 6.07) is 0. The number of rotatable bonds is 0. The Bertz CT molecular complexity index is 197. The Hall–Kier alpha value is -0.300. The van der Waals surface area contributed by atoms with Crippen molar-refractivity contribution in [2.75, 3.05) is 0 Å². The summed E-state index contributed by atoms with van der Waals surface area (Å²) in [6.45, 7) is 0. The number of aliphatic hydroxyl groups is 1. The van der Waals surface area contributed by atoms with Gasteiger partial charge >= 0.3 is 0 Å². The molecule has 2 bridgehead atoms. The lowest BCUT2D eigenvalue weighted by Gasteiger charge is -2.23. The zero-order valence-electron chi connectivity index (χ0n) is 5.90. The first-order valence-corrected chi connectivity index (χ1v) is 4.22. The van der Waals surface area contributed by atoms with Crippen molar-refractivity contribution in [2.24, 2.45) is 23.7 Å². The van der Waals surface area contributed by atoms with E-state index in [1.807, 2.05) is 0 Å². The molecule has 3 rings (SSSR count). The molecule has 0 heterocycles. The molecule has 2 saturated carbocycles. The van der Waals surface area contributed by atoms with Crippen LogP contribution in [-0.2, 0) is 0 Å². The summed E-state index contributed by atoms with van der Waals surface area (Å²) in [6.07, 6.45) is 7.14. The molecule has 3 aliphatic rings. The van der Waals surface area contributed by atoms with Crippen LogP contribution in [0.25, 0.3) is 0 Å². The molecule has 0 amide bonds. The van der Waals surface area contributed by atoms with Crippen molar-refractivity contribution in [3.05, 3.63) is 12.2 Å². The van der Waals surface area contributed by atoms with Gasteiger partial charge < -0.3 is 5.11 Å². The fourth-order valence-corrected chi connectivity index (χ4v) is 3.18. The fourth-order valence-electron chi connectivity index (χ4n) is 3.18. The van der Waals surface area contributed by atoms with E-state index in [0.29, 0.717) is 11.8 Å². The van der Waals surface area contributed by atoms with E-state index in [2.05, 4.69) is 12.2 Å². The van der Waals surface area contributed by atoms with Crippen LogP contribution in [0.15, 0.2) is 12.2 Å². The van der Waals surface area contributed by atoms with Gasteiger partial charge in [0.05, 0.1) is 6.10 Å².